The summed E-state index contributed by atoms with van der Waals surface area (Å²) in [5.74, 6) is 1.61. The summed E-state index contributed by atoms with van der Waals surface area (Å²) in [7, 11) is 3.16. The Kier molecular flexibility index (Phi) is 5.99. The third-order valence-corrected chi connectivity index (χ3v) is 4.86. The molecule has 0 aliphatic rings. The molecule has 6 nitrogen and oxygen atoms in total. The summed E-state index contributed by atoms with van der Waals surface area (Å²) in [6.07, 6.45) is 0.603. The van der Waals surface area contributed by atoms with Crippen molar-refractivity contribution in [3.8, 4) is 29.0 Å². The SMILES string of the molecule is COc1cc(OC)cc(-c2nnc(S[C@H](C#N)Cc3ccc(C)cc3)o2)c1. The molecule has 1 aromatic heterocycles. The van der Waals surface area contributed by atoms with E-state index in [-0.39, 0.29) is 5.25 Å². The number of thioether (sulfide) groups is 1. The van der Waals surface area contributed by atoms with Crippen LogP contribution in [0.2, 0.25) is 0 Å². The van der Waals surface area contributed by atoms with Gasteiger partial charge in [-0.05, 0) is 42.8 Å². The van der Waals surface area contributed by atoms with Gasteiger partial charge in [-0.1, -0.05) is 29.8 Å². The first-order chi connectivity index (χ1) is 13.1. The molecule has 0 aliphatic heterocycles. The standard InChI is InChI=1S/C20H19N3O3S/c1-13-4-6-14(7-5-13)8-18(12-21)27-20-23-22-19(26-20)15-9-16(24-2)11-17(10-15)25-3/h4-7,9-11,18H,8H2,1-3H3/t18-/m0/s1. The van der Waals surface area contributed by atoms with Crippen molar-refractivity contribution in [3.63, 3.8) is 0 Å². The van der Waals surface area contributed by atoms with Gasteiger partial charge in [-0.3, -0.25) is 0 Å². The van der Waals surface area contributed by atoms with Crippen molar-refractivity contribution in [1.29, 1.82) is 5.26 Å². The van der Waals surface area contributed by atoms with Crippen LogP contribution in [0.4, 0.5) is 0 Å². The minimum Gasteiger partial charge on any atom is -0.497 e. The highest BCUT2D eigenvalue weighted by molar-refractivity contribution is 7.99. The third-order valence-electron chi connectivity index (χ3n) is 3.93. The van der Waals surface area contributed by atoms with E-state index in [4.69, 9.17) is 13.9 Å². The van der Waals surface area contributed by atoms with Crippen LogP contribution in [0.1, 0.15) is 11.1 Å². The van der Waals surface area contributed by atoms with E-state index in [2.05, 4.69) is 16.3 Å². The maximum absolute atomic E-state index is 9.47. The van der Waals surface area contributed by atoms with E-state index in [0.717, 1.165) is 5.56 Å². The van der Waals surface area contributed by atoms with Gasteiger partial charge < -0.3 is 13.9 Å². The van der Waals surface area contributed by atoms with Crippen molar-refractivity contribution in [2.75, 3.05) is 14.2 Å². The first-order valence-corrected chi connectivity index (χ1v) is 9.18. The second kappa shape index (κ2) is 8.60. The van der Waals surface area contributed by atoms with Crippen LogP contribution in [0.15, 0.2) is 52.1 Å². The first-order valence-electron chi connectivity index (χ1n) is 8.30. The second-order valence-electron chi connectivity index (χ2n) is 5.90. The molecule has 0 amide bonds. The smallest absolute Gasteiger partial charge is 0.278 e. The van der Waals surface area contributed by atoms with Gasteiger partial charge in [-0.25, -0.2) is 0 Å². The number of aromatic nitrogens is 2. The molecule has 0 unspecified atom stereocenters. The fraction of sp³-hybridized carbons (Fsp3) is 0.250. The lowest BCUT2D eigenvalue weighted by atomic mass is 10.1. The van der Waals surface area contributed by atoms with Gasteiger partial charge >= 0.3 is 0 Å². The zero-order valence-electron chi connectivity index (χ0n) is 15.3. The lowest BCUT2D eigenvalue weighted by molar-refractivity contribution is 0.394. The van der Waals surface area contributed by atoms with Gasteiger partial charge in [0.25, 0.3) is 5.22 Å². The van der Waals surface area contributed by atoms with Crippen molar-refractivity contribution >= 4 is 11.8 Å². The van der Waals surface area contributed by atoms with Crippen LogP contribution in [0.25, 0.3) is 11.5 Å². The molecule has 0 radical (unpaired) electrons. The normalized spacial score (nSPS) is 11.6. The topological polar surface area (TPSA) is 81.2 Å². The van der Waals surface area contributed by atoms with Crippen molar-refractivity contribution in [3.05, 3.63) is 53.6 Å². The number of benzene rings is 2. The van der Waals surface area contributed by atoms with Crippen LogP contribution in [0.5, 0.6) is 11.5 Å². The van der Waals surface area contributed by atoms with E-state index in [1.807, 2.05) is 31.2 Å². The van der Waals surface area contributed by atoms with Gasteiger partial charge in [0.15, 0.2) is 0 Å². The molecule has 7 heteroatoms. The van der Waals surface area contributed by atoms with Crippen molar-refractivity contribution < 1.29 is 13.9 Å². The highest BCUT2D eigenvalue weighted by Gasteiger charge is 2.17. The zero-order chi connectivity index (χ0) is 19.2. The summed E-state index contributed by atoms with van der Waals surface area (Å²) < 4.78 is 16.3. The van der Waals surface area contributed by atoms with Gasteiger partial charge in [0.2, 0.25) is 5.89 Å². The fourth-order valence-corrected chi connectivity index (χ4v) is 3.27. The minimum atomic E-state index is -0.319. The van der Waals surface area contributed by atoms with Crippen LogP contribution >= 0.6 is 11.8 Å². The molecule has 1 atom stereocenters. The molecule has 0 bridgehead atoms. The largest absolute Gasteiger partial charge is 0.497 e. The predicted molar refractivity (Wildman–Crippen MR) is 103 cm³/mol. The maximum atomic E-state index is 9.47. The van der Waals surface area contributed by atoms with E-state index in [9.17, 15) is 5.26 Å². The number of nitrogens with zero attached hydrogens (tertiary/aromatic N) is 3. The molecular formula is C20H19N3O3S. The van der Waals surface area contributed by atoms with E-state index >= 15 is 0 Å². The Hall–Kier alpha value is -2.98. The molecule has 3 rings (SSSR count). The lowest BCUT2D eigenvalue weighted by Crippen LogP contribution is -2.03. The molecule has 0 fully saturated rings. The van der Waals surface area contributed by atoms with Crippen LogP contribution in [-0.4, -0.2) is 29.7 Å². The Labute approximate surface area is 162 Å². The van der Waals surface area contributed by atoms with Gasteiger partial charge in [-0.2, -0.15) is 5.26 Å². The molecule has 0 N–H and O–H groups in total. The number of ether oxygens (including phenoxy) is 2. The average Bonchev–Trinajstić information content (AvgIpc) is 3.17. The quantitative estimate of drug-likeness (QED) is 0.565. The van der Waals surface area contributed by atoms with Gasteiger partial charge in [-0.15, -0.1) is 10.2 Å². The van der Waals surface area contributed by atoms with Crippen molar-refractivity contribution in [1.82, 2.24) is 10.2 Å². The van der Waals surface area contributed by atoms with E-state index in [0.29, 0.717) is 34.6 Å². The Bertz CT molecular complexity index is 926. The molecule has 2 aromatic carbocycles. The average molecular weight is 381 g/mol. The number of hydrogen-bond acceptors (Lipinski definition) is 7. The number of methoxy groups -OCH3 is 2. The first kappa shape index (κ1) is 18.8. The monoisotopic (exact) mass is 381 g/mol. The maximum Gasteiger partial charge on any atom is 0.278 e. The van der Waals surface area contributed by atoms with Crippen LogP contribution in [-0.2, 0) is 6.42 Å². The summed E-state index contributed by atoms with van der Waals surface area (Å²) in [6, 6.07) is 15.8. The van der Waals surface area contributed by atoms with E-state index in [1.54, 1.807) is 32.4 Å². The van der Waals surface area contributed by atoms with Crippen LogP contribution in [0.3, 0.4) is 0 Å². The Morgan fingerprint density at radius 1 is 1.07 bits per heavy atom. The fourth-order valence-electron chi connectivity index (χ4n) is 2.48. The summed E-state index contributed by atoms with van der Waals surface area (Å²) in [6.45, 7) is 2.04. The molecule has 0 aliphatic carbocycles. The molecule has 0 spiro atoms. The van der Waals surface area contributed by atoms with Crippen molar-refractivity contribution in [2.24, 2.45) is 0 Å². The highest BCUT2D eigenvalue weighted by Crippen LogP contribution is 2.32. The van der Waals surface area contributed by atoms with E-state index < -0.39 is 0 Å². The minimum absolute atomic E-state index is 0.319. The molecule has 0 saturated heterocycles. The molecule has 3 aromatic rings. The summed E-state index contributed by atoms with van der Waals surface area (Å²) in [5, 5.41) is 17.6. The molecule has 138 valence electrons. The van der Waals surface area contributed by atoms with Gasteiger partial charge in [0, 0.05) is 11.6 Å². The summed E-state index contributed by atoms with van der Waals surface area (Å²) in [4.78, 5) is 0. The highest BCUT2D eigenvalue weighted by atomic mass is 32.2. The Balaban J connectivity index is 1.75. The van der Waals surface area contributed by atoms with Crippen LogP contribution in [0, 0.1) is 18.3 Å². The van der Waals surface area contributed by atoms with Gasteiger partial charge in [0.05, 0.1) is 20.3 Å². The number of nitriles is 1. The summed E-state index contributed by atoms with van der Waals surface area (Å²) in [5.41, 5.74) is 2.98. The number of rotatable bonds is 7. The van der Waals surface area contributed by atoms with Crippen molar-refractivity contribution in [2.45, 2.75) is 23.8 Å². The molecule has 27 heavy (non-hydrogen) atoms. The Morgan fingerprint density at radius 2 is 1.74 bits per heavy atom. The zero-order valence-corrected chi connectivity index (χ0v) is 16.1. The number of aryl methyl sites for hydroxylation is 1. The second-order valence-corrected chi connectivity index (χ2v) is 7.05. The number of hydrogen-bond donors (Lipinski definition) is 0. The molecule has 0 saturated carbocycles. The van der Waals surface area contributed by atoms with Gasteiger partial charge in [0.1, 0.15) is 16.7 Å². The van der Waals surface area contributed by atoms with E-state index in [1.165, 1.54) is 17.3 Å². The molecule has 1 heterocycles. The lowest BCUT2D eigenvalue weighted by Gasteiger charge is -2.07. The Morgan fingerprint density at radius 3 is 2.33 bits per heavy atom. The third kappa shape index (κ3) is 4.80. The molecular weight excluding hydrogens is 362 g/mol. The van der Waals surface area contributed by atoms with Crippen LogP contribution < -0.4 is 9.47 Å². The predicted octanol–water partition coefficient (Wildman–Crippen LogP) is 4.29. The summed E-state index contributed by atoms with van der Waals surface area (Å²) >= 11 is 1.26.